The molecule has 0 bridgehead atoms. The first kappa shape index (κ1) is 27.2. The van der Waals surface area contributed by atoms with Gasteiger partial charge in [0.1, 0.15) is 6.10 Å². The zero-order chi connectivity index (χ0) is 27.1. The van der Waals surface area contributed by atoms with Crippen molar-refractivity contribution in [2.24, 2.45) is 0 Å². The van der Waals surface area contributed by atoms with Gasteiger partial charge in [0, 0.05) is 16.7 Å². The van der Waals surface area contributed by atoms with Crippen LogP contribution >= 0.6 is 0 Å². The summed E-state index contributed by atoms with van der Waals surface area (Å²) in [5, 5.41) is 0. The molecule has 4 aromatic rings. The fraction of sp³-hybridized carbons (Fsp3) is 0.235. The number of benzene rings is 4. The zero-order valence-corrected chi connectivity index (χ0v) is 22.3. The van der Waals surface area contributed by atoms with E-state index in [0.29, 0.717) is 27.8 Å². The summed E-state index contributed by atoms with van der Waals surface area (Å²) >= 11 is 0. The number of hydrogen-bond donors (Lipinski definition) is 0. The molecule has 0 fully saturated rings. The molecule has 0 saturated heterocycles. The number of carbonyl (C=O) groups excluding carboxylic acids is 2. The molecule has 4 aromatic carbocycles. The minimum atomic E-state index is -1.51. The first-order valence-corrected chi connectivity index (χ1v) is 13.0. The number of hydrogen-bond acceptors (Lipinski definition) is 4. The lowest BCUT2D eigenvalue weighted by Gasteiger charge is -2.38. The van der Waals surface area contributed by atoms with Crippen LogP contribution in [-0.4, -0.2) is 23.8 Å². The van der Waals surface area contributed by atoms with E-state index < -0.39 is 11.7 Å². The normalized spacial score (nSPS) is 13.7. The van der Waals surface area contributed by atoms with Crippen molar-refractivity contribution in [2.45, 2.75) is 51.6 Å². The third-order valence-corrected chi connectivity index (χ3v) is 6.28. The van der Waals surface area contributed by atoms with Crippen molar-refractivity contribution in [3.8, 4) is 0 Å². The molecule has 0 saturated carbocycles. The molecule has 0 amide bonds. The Bertz CT molecular complexity index is 1350. The topological polar surface area (TPSA) is 52.6 Å². The second-order valence-electron chi connectivity index (χ2n) is 9.79. The molecule has 0 radical (unpaired) electrons. The average Bonchev–Trinajstić information content (AvgIpc) is 2.95. The van der Waals surface area contributed by atoms with Crippen LogP contribution in [-0.2, 0) is 15.1 Å². The second-order valence-corrected chi connectivity index (χ2v) is 9.79. The third-order valence-electron chi connectivity index (χ3n) is 6.28. The molecule has 0 aliphatic rings. The first-order chi connectivity index (χ1) is 18.3. The highest BCUT2D eigenvalue weighted by atomic mass is 16.5. The SMILES string of the molecule is CC(C)OC(C(=O)c1ccccc1)c1ccccc1C(OC(C)C)(C(=O)c1ccccc1)c1ccccc1. The lowest BCUT2D eigenvalue weighted by atomic mass is 9.76. The fourth-order valence-corrected chi connectivity index (χ4v) is 4.76. The molecule has 4 heteroatoms. The van der Waals surface area contributed by atoms with E-state index in [0.717, 1.165) is 0 Å². The van der Waals surface area contributed by atoms with Gasteiger partial charge in [-0.1, -0.05) is 115 Å². The summed E-state index contributed by atoms with van der Waals surface area (Å²) in [6.07, 6.45) is -1.47. The Morgan fingerprint density at radius 1 is 0.605 bits per heavy atom. The first-order valence-electron chi connectivity index (χ1n) is 13.0. The van der Waals surface area contributed by atoms with E-state index in [2.05, 4.69) is 0 Å². The van der Waals surface area contributed by atoms with Crippen LogP contribution in [0.4, 0.5) is 0 Å². The molecular weight excluding hydrogens is 472 g/mol. The standard InChI is InChI=1S/C34H34O4/c1-24(2)37-32(31(35)26-16-8-5-9-17-26)29-22-14-15-23-30(29)34(38-25(3)4,28-20-12-7-13-21-28)33(36)27-18-10-6-11-19-27/h5-25,32H,1-4H3. The maximum atomic E-state index is 14.6. The Morgan fingerprint density at radius 3 is 1.66 bits per heavy atom. The van der Waals surface area contributed by atoms with Crippen molar-refractivity contribution in [2.75, 3.05) is 0 Å². The quantitative estimate of drug-likeness (QED) is 0.197. The molecule has 194 valence electrons. The molecule has 0 aliphatic heterocycles. The zero-order valence-electron chi connectivity index (χ0n) is 22.3. The number of Topliss-reactive ketones (excluding diaryl/α,β-unsaturated/α-hetero) is 2. The van der Waals surface area contributed by atoms with Crippen LogP contribution in [0.3, 0.4) is 0 Å². The maximum Gasteiger partial charge on any atom is 0.203 e. The van der Waals surface area contributed by atoms with Gasteiger partial charge in [0.2, 0.25) is 5.78 Å². The van der Waals surface area contributed by atoms with E-state index in [-0.39, 0.29) is 23.8 Å². The van der Waals surface area contributed by atoms with Crippen molar-refractivity contribution in [3.63, 3.8) is 0 Å². The van der Waals surface area contributed by atoms with Crippen LogP contribution in [0.15, 0.2) is 115 Å². The van der Waals surface area contributed by atoms with Gasteiger partial charge in [-0.15, -0.1) is 0 Å². The summed E-state index contributed by atoms with van der Waals surface area (Å²) in [6.45, 7) is 7.63. The Labute approximate surface area is 225 Å². The molecular formula is C34H34O4. The summed E-state index contributed by atoms with van der Waals surface area (Å²) in [5.74, 6) is -0.383. The van der Waals surface area contributed by atoms with Crippen molar-refractivity contribution >= 4 is 11.6 Å². The Hall–Kier alpha value is -3.86. The van der Waals surface area contributed by atoms with Crippen LogP contribution in [0, 0.1) is 0 Å². The van der Waals surface area contributed by atoms with Gasteiger partial charge in [0.25, 0.3) is 0 Å². The Morgan fingerprint density at radius 2 is 1.11 bits per heavy atom. The summed E-state index contributed by atoms with van der Waals surface area (Å²) in [7, 11) is 0. The number of ether oxygens (including phenoxy) is 2. The van der Waals surface area contributed by atoms with Gasteiger partial charge in [-0.25, -0.2) is 0 Å². The smallest absolute Gasteiger partial charge is 0.203 e. The van der Waals surface area contributed by atoms with Crippen LogP contribution in [0.2, 0.25) is 0 Å². The molecule has 4 rings (SSSR count). The van der Waals surface area contributed by atoms with E-state index in [9.17, 15) is 9.59 Å². The van der Waals surface area contributed by atoms with E-state index in [1.807, 2.05) is 119 Å². The van der Waals surface area contributed by atoms with Gasteiger partial charge >= 0.3 is 0 Å². The van der Waals surface area contributed by atoms with Crippen molar-refractivity contribution in [3.05, 3.63) is 143 Å². The van der Waals surface area contributed by atoms with E-state index >= 15 is 0 Å². The minimum absolute atomic E-state index is 0.176. The Kier molecular flexibility index (Phi) is 8.67. The lowest BCUT2D eigenvalue weighted by molar-refractivity contribution is -0.0402. The van der Waals surface area contributed by atoms with E-state index in [1.54, 1.807) is 24.3 Å². The molecule has 2 atom stereocenters. The highest BCUT2D eigenvalue weighted by Gasteiger charge is 2.47. The van der Waals surface area contributed by atoms with Gasteiger partial charge in [-0.3, -0.25) is 9.59 Å². The van der Waals surface area contributed by atoms with Crippen molar-refractivity contribution in [1.29, 1.82) is 0 Å². The van der Waals surface area contributed by atoms with Crippen molar-refractivity contribution < 1.29 is 19.1 Å². The lowest BCUT2D eigenvalue weighted by Crippen LogP contribution is -2.43. The molecule has 0 aliphatic carbocycles. The molecule has 4 nitrogen and oxygen atoms in total. The van der Waals surface area contributed by atoms with E-state index in [1.165, 1.54) is 0 Å². The van der Waals surface area contributed by atoms with Gasteiger partial charge in [-0.2, -0.15) is 0 Å². The number of rotatable bonds is 11. The maximum absolute atomic E-state index is 14.6. The highest BCUT2D eigenvalue weighted by molar-refractivity contribution is 6.06. The van der Waals surface area contributed by atoms with Gasteiger partial charge in [-0.05, 0) is 38.8 Å². The number of carbonyl (C=O) groups is 2. The number of ketones is 2. The highest BCUT2D eigenvalue weighted by Crippen LogP contribution is 2.43. The van der Waals surface area contributed by atoms with Crippen LogP contribution in [0.5, 0.6) is 0 Å². The summed E-state index contributed by atoms with van der Waals surface area (Å²) in [6, 6.07) is 35.2. The van der Waals surface area contributed by atoms with Gasteiger partial charge in [0.15, 0.2) is 11.4 Å². The molecule has 0 heterocycles. The van der Waals surface area contributed by atoms with Crippen LogP contribution in [0.1, 0.15) is 71.2 Å². The molecule has 0 aromatic heterocycles. The van der Waals surface area contributed by atoms with Crippen LogP contribution < -0.4 is 0 Å². The average molecular weight is 507 g/mol. The predicted molar refractivity (Wildman–Crippen MR) is 150 cm³/mol. The molecule has 0 spiro atoms. The minimum Gasteiger partial charge on any atom is -0.363 e. The largest absolute Gasteiger partial charge is 0.363 e. The molecule has 0 N–H and O–H groups in total. The predicted octanol–water partition coefficient (Wildman–Crippen LogP) is 7.59. The third kappa shape index (κ3) is 5.67. The second kappa shape index (κ2) is 12.1. The van der Waals surface area contributed by atoms with Crippen LogP contribution in [0.25, 0.3) is 0 Å². The fourth-order valence-electron chi connectivity index (χ4n) is 4.76. The van der Waals surface area contributed by atoms with Gasteiger partial charge < -0.3 is 9.47 Å². The molecule has 38 heavy (non-hydrogen) atoms. The van der Waals surface area contributed by atoms with E-state index in [4.69, 9.17) is 9.47 Å². The van der Waals surface area contributed by atoms with Gasteiger partial charge in [0.05, 0.1) is 12.2 Å². The monoisotopic (exact) mass is 506 g/mol. The summed E-state index contributed by atoms with van der Waals surface area (Å²) in [5.41, 5.74) is 1.42. The Balaban J connectivity index is 2.02. The summed E-state index contributed by atoms with van der Waals surface area (Å²) < 4.78 is 13.0. The van der Waals surface area contributed by atoms with Crippen molar-refractivity contribution in [1.82, 2.24) is 0 Å². The summed E-state index contributed by atoms with van der Waals surface area (Å²) in [4.78, 5) is 28.5. The molecule has 2 unspecified atom stereocenters.